The van der Waals surface area contributed by atoms with E-state index in [1.807, 2.05) is 0 Å². The Hall–Kier alpha value is -0.280. The Kier molecular flexibility index (Phi) is 8.78. The zero-order valence-electron chi connectivity index (χ0n) is 13.7. The number of hydrogen-bond donors (Lipinski definition) is 7. The first kappa shape index (κ1) is 19.8. The molecule has 14 N–H and O–H groups in total. The average Bonchev–Trinajstić information content (AvgIpc) is 2.42. The van der Waals surface area contributed by atoms with E-state index in [0.29, 0.717) is 12.8 Å². The minimum absolute atomic E-state index is 0.0203. The topological polar surface area (TPSA) is 182 Å². The molecule has 0 bridgehead atoms. The van der Waals surface area contributed by atoms with Gasteiger partial charge < -0.3 is 40.1 Å². The van der Waals surface area contributed by atoms with Gasteiger partial charge in [-0.1, -0.05) is 0 Å². The third-order valence-electron chi connectivity index (χ3n) is 4.73. The highest BCUT2D eigenvalue weighted by Crippen LogP contribution is 2.15. The van der Waals surface area contributed by atoms with Crippen LogP contribution in [0.25, 0.3) is 0 Å². The van der Waals surface area contributed by atoms with Crippen molar-refractivity contribution in [1.29, 1.82) is 0 Å². The molecule has 22 heavy (non-hydrogen) atoms. The molecule has 0 aromatic heterocycles. The Morgan fingerprint density at radius 1 is 0.364 bits per heavy atom. The summed E-state index contributed by atoms with van der Waals surface area (Å²) in [6, 6.07) is -0.0798. The summed E-state index contributed by atoms with van der Waals surface area (Å²) >= 11 is 0. The Bertz CT molecular complexity index is 302. The van der Waals surface area contributed by atoms with Crippen LogP contribution in [-0.4, -0.2) is 42.3 Å². The van der Waals surface area contributed by atoms with Crippen LogP contribution in [0, 0.1) is 0 Å². The third-order valence-corrected chi connectivity index (χ3v) is 4.73. The second-order valence-electron chi connectivity index (χ2n) is 7.23. The molecule has 0 aliphatic heterocycles. The molecule has 1 fully saturated rings. The SMILES string of the molecule is NC1CC[C@@H](N)CC(N)CCC(N)CC(N)C(N)CC(N)C1. The lowest BCUT2D eigenvalue weighted by Gasteiger charge is -2.26. The normalized spacial score (nSPS) is 44.0. The summed E-state index contributed by atoms with van der Waals surface area (Å²) in [6.45, 7) is 0. The van der Waals surface area contributed by atoms with Crippen LogP contribution in [0.5, 0.6) is 0 Å². The molecule has 6 unspecified atom stereocenters. The second kappa shape index (κ2) is 9.77. The van der Waals surface area contributed by atoms with Gasteiger partial charge in [0.05, 0.1) is 0 Å². The quantitative estimate of drug-likeness (QED) is 0.281. The van der Waals surface area contributed by atoms with Gasteiger partial charge in [0, 0.05) is 42.3 Å². The average molecular weight is 316 g/mol. The van der Waals surface area contributed by atoms with Gasteiger partial charge in [0.25, 0.3) is 0 Å². The lowest BCUT2D eigenvalue weighted by atomic mass is 9.92. The van der Waals surface area contributed by atoms with E-state index in [9.17, 15) is 0 Å². The van der Waals surface area contributed by atoms with Crippen LogP contribution in [0.15, 0.2) is 0 Å². The van der Waals surface area contributed by atoms with Gasteiger partial charge in [-0.05, 0) is 51.4 Å². The fraction of sp³-hybridized carbons (Fsp3) is 1.00. The summed E-state index contributed by atoms with van der Waals surface area (Å²) in [5.74, 6) is 0. The molecule has 0 radical (unpaired) electrons. The summed E-state index contributed by atoms with van der Waals surface area (Å²) < 4.78 is 0. The van der Waals surface area contributed by atoms with E-state index >= 15 is 0 Å². The molecule has 0 saturated heterocycles. The summed E-state index contributed by atoms with van der Waals surface area (Å²) in [6.07, 6.45) is 6.36. The van der Waals surface area contributed by atoms with Crippen molar-refractivity contribution in [2.45, 2.75) is 93.7 Å². The van der Waals surface area contributed by atoms with E-state index < -0.39 is 0 Å². The van der Waals surface area contributed by atoms with Crippen LogP contribution in [0.3, 0.4) is 0 Å². The first-order chi connectivity index (χ1) is 10.3. The van der Waals surface area contributed by atoms with Crippen LogP contribution < -0.4 is 40.1 Å². The van der Waals surface area contributed by atoms with Gasteiger partial charge in [-0.15, -0.1) is 0 Å². The van der Waals surface area contributed by atoms with Gasteiger partial charge in [-0.25, -0.2) is 0 Å². The predicted molar refractivity (Wildman–Crippen MR) is 92.8 cm³/mol. The van der Waals surface area contributed by atoms with E-state index in [1.54, 1.807) is 0 Å². The van der Waals surface area contributed by atoms with Gasteiger partial charge in [0.2, 0.25) is 0 Å². The molecule has 1 saturated carbocycles. The van der Waals surface area contributed by atoms with E-state index in [-0.39, 0.29) is 42.3 Å². The summed E-state index contributed by atoms with van der Waals surface area (Å²) in [4.78, 5) is 0. The van der Waals surface area contributed by atoms with Crippen molar-refractivity contribution in [1.82, 2.24) is 0 Å². The van der Waals surface area contributed by atoms with E-state index in [1.165, 1.54) is 0 Å². The highest BCUT2D eigenvalue weighted by Gasteiger charge is 2.22. The van der Waals surface area contributed by atoms with Crippen molar-refractivity contribution < 1.29 is 0 Å². The predicted octanol–water partition coefficient (Wildman–Crippen LogP) is -1.59. The summed E-state index contributed by atoms with van der Waals surface area (Å²) in [5, 5.41) is 0. The highest BCUT2D eigenvalue weighted by molar-refractivity contribution is 4.86. The fourth-order valence-corrected chi connectivity index (χ4v) is 3.25. The molecule has 7 heteroatoms. The Balaban J connectivity index is 2.64. The van der Waals surface area contributed by atoms with E-state index in [2.05, 4.69) is 0 Å². The molecular weight excluding hydrogens is 278 g/mol. The molecule has 0 heterocycles. The molecular formula is C15H37N7. The Morgan fingerprint density at radius 2 is 0.636 bits per heavy atom. The highest BCUT2D eigenvalue weighted by atomic mass is 14.8. The lowest BCUT2D eigenvalue weighted by Crippen LogP contribution is -2.48. The minimum Gasteiger partial charge on any atom is -0.328 e. The van der Waals surface area contributed by atoms with Gasteiger partial charge in [0.15, 0.2) is 0 Å². The molecule has 0 spiro atoms. The molecule has 0 aromatic rings. The number of rotatable bonds is 0. The second-order valence-corrected chi connectivity index (χ2v) is 7.23. The molecule has 1 rings (SSSR count). The Morgan fingerprint density at radius 3 is 1.05 bits per heavy atom. The monoisotopic (exact) mass is 315 g/mol. The van der Waals surface area contributed by atoms with E-state index in [4.69, 9.17) is 40.1 Å². The van der Waals surface area contributed by atoms with Gasteiger partial charge in [-0.2, -0.15) is 0 Å². The van der Waals surface area contributed by atoms with Gasteiger partial charge >= 0.3 is 0 Å². The van der Waals surface area contributed by atoms with Crippen molar-refractivity contribution in [3.05, 3.63) is 0 Å². The van der Waals surface area contributed by atoms with Crippen molar-refractivity contribution in [2.24, 2.45) is 40.1 Å². The van der Waals surface area contributed by atoms with E-state index in [0.717, 1.165) is 38.5 Å². The molecule has 132 valence electrons. The van der Waals surface area contributed by atoms with Crippen molar-refractivity contribution in [3.63, 3.8) is 0 Å². The van der Waals surface area contributed by atoms with Crippen LogP contribution in [0.2, 0.25) is 0 Å². The zero-order valence-corrected chi connectivity index (χ0v) is 13.7. The first-order valence-electron chi connectivity index (χ1n) is 8.57. The fourth-order valence-electron chi connectivity index (χ4n) is 3.25. The third kappa shape index (κ3) is 7.82. The smallest absolute Gasteiger partial charge is 0.0207 e. The van der Waals surface area contributed by atoms with Crippen molar-refractivity contribution in [3.8, 4) is 0 Å². The van der Waals surface area contributed by atoms with Crippen molar-refractivity contribution >= 4 is 0 Å². The molecule has 1 aliphatic rings. The lowest BCUT2D eigenvalue weighted by molar-refractivity contribution is 0.376. The Labute approximate surface area is 134 Å². The molecule has 7 atom stereocenters. The maximum absolute atomic E-state index is 6.16. The largest absolute Gasteiger partial charge is 0.328 e. The van der Waals surface area contributed by atoms with Gasteiger partial charge in [-0.3, -0.25) is 0 Å². The van der Waals surface area contributed by atoms with Crippen LogP contribution >= 0.6 is 0 Å². The summed E-state index contributed by atoms with van der Waals surface area (Å²) in [7, 11) is 0. The van der Waals surface area contributed by atoms with Crippen LogP contribution in [0.1, 0.15) is 51.4 Å². The molecule has 0 aromatic carbocycles. The maximum Gasteiger partial charge on any atom is 0.0207 e. The summed E-state index contributed by atoms with van der Waals surface area (Å²) in [5.41, 5.74) is 43.1. The molecule has 7 nitrogen and oxygen atoms in total. The maximum atomic E-state index is 6.16. The number of nitrogens with two attached hydrogens (primary N) is 7. The van der Waals surface area contributed by atoms with Crippen LogP contribution in [-0.2, 0) is 0 Å². The molecule has 0 amide bonds. The van der Waals surface area contributed by atoms with Crippen molar-refractivity contribution in [2.75, 3.05) is 0 Å². The zero-order chi connectivity index (χ0) is 16.7. The number of hydrogen-bond acceptors (Lipinski definition) is 7. The van der Waals surface area contributed by atoms with Gasteiger partial charge in [0.1, 0.15) is 0 Å². The standard InChI is InChI=1S/C15H37N7/c16-9-1-2-11(18)6-13(20)8-15(22)14(21)7-12(19)4-3-10(17)5-9/h9-15H,1-8,16-22H2/t9-,10?,11?,12?,13?,14?,15?/m1/s1. The van der Waals surface area contributed by atoms with Crippen LogP contribution in [0.4, 0.5) is 0 Å². The minimum atomic E-state index is -0.144. The first-order valence-corrected chi connectivity index (χ1v) is 8.57. The molecule has 1 aliphatic carbocycles.